The molecule has 0 aliphatic heterocycles. The number of hydrogen-bond donors (Lipinski definition) is 1. The molecule has 3 rings (SSSR count). The zero-order valence-electron chi connectivity index (χ0n) is 10.5. The van der Waals surface area contributed by atoms with Crippen LogP contribution in [0.4, 0.5) is 5.82 Å². The quantitative estimate of drug-likeness (QED) is 0.705. The van der Waals surface area contributed by atoms with Crippen molar-refractivity contribution in [3.63, 3.8) is 0 Å². The van der Waals surface area contributed by atoms with E-state index in [4.69, 9.17) is 15.4 Å². The molecule has 0 saturated heterocycles. The highest BCUT2D eigenvalue weighted by Crippen LogP contribution is 2.22. The normalized spacial score (nSPS) is 10.6. The third kappa shape index (κ3) is 1.71. The van der Waals surface area contributed by atoms with E-state index in [9.17, 15) is 4.79 Å². The average Bonchev–Trinajstić information content (AvgIpc) is 2.74. The van der Waals surface area contributed by atoms with E-state index in [2.05, 4.69) is 9.97 Å². The minimum atomic E-state index is -0.433. The molecule has 0 amide bonds. The van der Waals surface area contributed by atoms with Crippen LogP contribution < -0.4 is 11.5 Å². The van der Waals surface area contributed by atoms with Gasteiger partial charge in [-0.15, -0.1) is 0 Å². The molecule has 0 saturated carbocycles. The number of oxazole rings is 1. The Labute approximate surface area is 112 Å². The summed E-state index contributed by atoms with van der Waals surface area (Å²) in [4.78, 5) is 19.6. The van der Waals surface area contributed by atoms with E-state index in [-0.39, 0.29) is 11.4 Å². The molecular weight excluding hydrogens is 258 g/mol. The number of benzene rings is 1. The van der Waals surface area contributed by atoms with Crippen LogP contribution >= 0.6 is 0 Å². The molecule has 0 unspecified atom stereocenters. The molecule has 2 N–H and O–H groups in total. The first-order chi connectivity index (χ1) is 9.60. The zero-order chi connectivity index (χ0) is 14.3. The SMILES string of the molecule is Cn1c(=O)oc2ccc(-c3ncc(C#N)c(N)n3)cc21. The van der Waals surface area contributed by atoms with Crippen molar-refractivity contribution in [1.82, 2.24) is 14.5 Å². The van der Waals surface area contributed by atoms with Gasteiger partial charge in [-0.3, -0.25) is 4.57 Å². The van der Waals surface area contributed by atoms with Crippen LogP contribution in [0.1, 0.15) is 5.56 Å². The monoisotopic (exact) mass is 267 g/mol. The van der Waals surface area contributed by atoms with E-state index in [0.717, 1.165) is 0 Å². The van der Waals surface area contributed by atoms with Crippen molar-refractivity contribution in [2.75, 3.05) is 5.73 Å². The number of aryl methyl sites for hydroxylation is 1. The molecule has 0 aliphatic rings. The molecule has 0 radical (unpaired) electrons. The summed E-state index contributed by atoms with van der Waals surface area (Å²) in [6, 6.07) is 7.04. The number of nitrogens with zero attached hydrogens (tertiary/aromatic N) is 4. The lowest BCUT2D eigenvalue weighted by molar-refractivity contribution is 0.528. The highest BCUT2D eigenvalue weighted by atomic mass is 16.4. The molecule has 98 valence electrons. The van der Waals surface area contributed by atoms with E-state index >= 15 is 0 Å². The molecule has 7 heteroatoms. The van der Waals surface area contributed by atoms with Gasteiger partial charge in [0, 0.05) is 12.6 Å². The summed E-state index contributed by atoms with van der Waals surface area (Å²) in [6.45, 7) is 0. The van der Waals surface area contributed by atoms with Gasteiger partial charge in [0.15, 0.2) is 11.4 Å². The maximum Gasteiger partial charge on any atom is 0.419 e. The molecule has 0 atom stereocenters. The molecule has 20 heavy (non-hydrogen) atoms. The van der Waals surface area contributed by atoms with Crippen LogP contribution in [0.5, 0.6) is 0 Å². The number of rotatable bonds is 1. The van der Waals surface area contributed by atoms with Crippen molar-refractivity contribution in [3.05, 3.63) is 40.5 Å². The predicted octanol–water partition coefficient (Wildman–Crippen LogP) is 1.04. The molecule has 7 nitrogen and oxygen atoms in total. The fraction of sp³-hybridized carbons (Fsp3) is 0.0769. The van der Waals surface area contributed by atoms with Gasteiger partial charge in [0.2, 0.25) is 0 Å². The zero-order valence-corrected chi connectivity index (χ0v) is 10.5. The van der Waals surface area contributed by atoms with Gasteiger partial charge >= 0.3 is 5.76 Å². The second-order valence-corrected chi connectivity index (χ2v) is 4.21. The van der Waals surface area contributed by atoms with Crippen LogP contribution in [0.3, 0.4) is 0 Å². The number of fused-ring (bicyclic) bond motifs is 1. The maximum absolute atomic E-state index is 11.4. The van der Waals surface area contributed by atoms with Gasteiger partial charge in [0.05, 0.1) is 11.7 Å². The van der Waals surface area contributed by atoms with Crippen molar-refractivity contribution < 1.29 is 4.42 Å². The smallest absolute Gasteiger partial charge is 0.408 e. The van der Waals surface area contributed by atoms with Gasteiger partial charge < -0.3 is 10.2 Å². The summed E-state index contributed by atoms with van der Waals surface area (Å²) in [7, 11) is 1.62. The standard InChI is InChI=1S/C13H9N5O2/c1-18-9-4-7(2-3-10(9)20-13(18)19)12-16-6-8(5-14)11(15)17-12/h2-4,6H,1H3,(H2,15,16,17). The molecule has 3 aromatic rings. The fourth-order valence-electron chi connectivity index (χ4n) is 1.89. The Hall–Kier alpha value is -3.14. The number of hydrogen-bond acceptors (Lipinski definition) is 6. The van der Waals surface area contributed by atoms with Crippen LogP contribution in [-0.4, -0.2) is 14.5 Å². The third-order valence-corrected chi connectivity index (χ3v) is 2.99. The number of nitriles is 1. The van der Waals surface area contributed by atoms with Gasteiger partial charge in [-0.1, -0.05) is 0 Å². The van der Waals surface area contributed by atoms with E-state index in [1.54, 1.807) is 25.2 Å². The third-order valence-electron chi connectivity index (χ3n) is 2.99. The molecule has 1 aromatic carbocycles. The molecule has 0 aliphatic carbocycles. The van der Waals surface area contributed by atoms with Crippen LogP contribution in [-0.2, 0) is 7.05 Å². The van der Waals surface area contributed by atoms with Gasteiger partial charge in [-0.2, -0.15) is 5.26 Å². The minimum absolute atomic E-state index is 0.124. The Morgan fingerprint density at radius 1 is 1.45 bits per heavy atom. The van der Waals surface area contributed by atoms with Crippen LogP contribution in [0.25, 0.3) is 22.5 Å². The highest BCUT2D eigenvalue weighted by Gasteiger charge is 2.10. The fourth-order valence-corrected chi connectivity index (χ4v) is 1.89. The molecular formula is C13H9N5O2. The van der Waals surface area contributed by atoms with Gasteiger partial charge in [-0.05, 0) is 18.2 Å². The highest BCUT2D eigenvalue weighted by molar-refractivity contribution is 5.79. The van der Waals surface area contributed by atoms with Crippen molar-refractivity contribution in [2.45, 2.75) is 0 Å². The maximum atomic E-state index is 11.4. The summed E-state index contributed by atoms with van der Waals surface area (Å²) >= 11 is 0. The summed E-state index contributed by atoms with van der Waals surface area (Å²) in [5.41, 5.74) is 7.71. The summed E-state index contributed by atoms with van der Waals surface area (Å²) < 4.78 is 6.44. The first kappa shape index (κ1) is 11.9. The lowest BCUT2D eigenvalue weighted by Gasteiger charge is -2.02. The van der Waals surface area contributed by atoms with Crippen LogP contribution in [0.2, 0.25) is 0 Å². The second kappa shape index (κ2) is 4.20. The van der Waals surface area contributed by atoms with Crippen LogP contribution in [0.15, 0.2) is 33.6 Å². The van der Waals surface area contributed by atoms with Crippen molar-refractivity contribution >= 4 is 16.9 Å². The van der Waals surface area contributed by atoms with E-state index in [1.165, 1.54) is 10.8 Å². The largest absolute Gasteiger partial charge is 0.419 e. The van der Waals surface area contributed by atoms with Crippen molar-refractivity contribution in [3.8, 4) is 17.5 Å². The van der Waals surface area contributed by atoms with E-state index in [0.29, 0.717) is 22.5 Å². The Morgan fingerprint density at radius 2 is 2.25 bits per heavy atom. The molecule has 0 bridgehead atoms. The van der Waals surface area contributed by atoms with Gasteiger partial charge in [0.25, 0.3) is 0 Å². The molecule has 2 heterocycles. The average molecular weight is 267 g/mol. The lowest BCUT2D eigenvalue weighted by Crippen LogP contribution is -2.08. The first-order valence-electron chi connectivity index (χ1n) is 5.72. The minimum Gasteiger partial charge on any atom is -0.408 e. The number of nitrogens with two attached hydrogens (primary N) is 1. The van der Waals surface area contributed by atoms with Crippen LogP contribution in [0, 0.1) is 11.3 Å². The topological polar surface area (TPSA) is 111 Å². The summed E-state index contributed by atoms with van der Waals surface area (Å²) in [5.74, 6) is 0.0770. The summed E-state index contributed by atoms with van der Waals surface area (Å²) in [5, 5.41) is 8.80. The van der Waals surface area contributed by atoms with Gasteiger partial charge in [-0.25, -0.2) is 14.8 Å². The lowest BCUT2D eigenvalue weighted by atomic mass is 10.2. The number of nitrogen functional groups attached to an aromatic ring is 1. The predicted molar refractivity (Wildman–Crippen MR) is 71.6 cm³/mol. The van der Waals surface area contributed by atoms with E-state index in [1.807, 2.05) is 6.07 Å². The van der Waals surface area contributed by atoms with Crippen molar-refractivity contribution in [2.24, 2.45) is 7.05 Å². The molecule has 0 spiro atoms. The summed E-state index contributed by atoms with van der Waals surface area (Å²) in [6.07, 6.45) is 1.37. The molecule has 2 aromatic heterocycles. The van der Waals surface area contributed by atoms with Gasteiger partial charge in [0.1, 0.15) is 17.5 Å². The number of aromatic nitrogens is 3. The second-order valence-electron chi connectivity index (χ2n) is 4.21. The van der Waals surface area contributed by atoms with E-state index < -0.39 is 5.76 Å². The Balaban J connectivity index is 2.20. The number of anilines is 1. The Bertz CT molecular complexity index is 917. The Morgan fingerprint density at radius 3 is 2.95 bits per heavy atom. The Kier molecular flexibility index (Phi) is 2.51. The first-order valence-corrected chi connectivity index (χ1v) is 5.72. The van der Waals surface area contributed by atoms with Crippen molar-refractivity contribution in [1.29, 1.82) is 5.26 Å². The molecule has 0 fully saturated rings.